The Balaban J connectivity index is 1.81. The molecule has 1 aliphatic rings. The zero-order chi connectivity index (χ0) is 17.8. The molecule has 1 atom stereocenters. The number of benzene rings is 1. The maximum atomic E-state index is 12.9. The fourth-order valence-corrected chi connectivity index (χ4v) is 3.47. The Labute approximate surface area is 148 Å². The number of rotatable bonds is 4. The summed E-state index contributed by atoms with van der Waals surface area (Å²) in [6.45, 7) is 1.66. The van der Waals surface area contributed by atoms with Gasteiger partial charge in [0.15, 0.2) is 0 Å². The number of aromatic amines is 1. The molecule has 1 N–H and O–H groups in total. The summed E-state index contributed by atoms with van der Waals surface area (Å²) in [6, 6.07) is 12.4. The Kier molecular flexibility index (Phi) is 5.20. The molecular formula is C20H24N4O. The summed E-state index contributed by atoms with van der Waals surface area (Å²) in [6.07, 6.45) is 4.71. The molecule has 5 nitrogen and oxygen atoms in total. The van der Waals surface area contributed by atoms with E-state index in [0.717, 1.165) is 32.4 Å². The van der Waals surface area contributed by atoms with Gasteiger partial charge >= 0.3 is 0 Å². The van der Waals surface area contributed by atoms with Crippen molar-refractivity contribution >= 4 is 5.91 Å². The van der Waals surface area contributed by atoms with E-state index in [1.807, 2.05) is 4.90 Å². The van der Waals surface area contributed by atoms with E-state index in [4.69, 9.17) is 5.26 Å². The number of nitriles is 1. The highest BCUT2D eigenvalue weighted by atomic mass is 16.2. The van der Waals surface area contributed by atoms with E-state index < -0.39 is 0 Å². The first kappa shape index (κ1) is 17.2. The number of nitrogens with zero attached hydrogens (tertiary/aromatic N) is 3. The Morgan fingerprint density at radius 3 is 2.72 bits per heavy atom. The van der Waals surface area contributed by atoms with Crippen LogP contribution in [0.2, 0.25) is 0 Å². The summed E-state index contributed by atoms with van der Waals surface area (Å²) in [5.41, 5.74) is 3.44. The highest BCUT2D eigenvalue weighted by Crippen LogP contribution is 2.32. The van der Waals surface area contributed by atoms with E-state index >= 15 is 0 Å². The van der Waals surface area contributed by atoms with Crippen LogP contribution in [0, 0.1) is 11.3 Å². The maximum absolute atomic E-state index is 12.9. The number of carbonyl (C=O) groups is 1. The van der Waals surface area contributed by atoms with Crippen LogP contribution in [-0.4, -0.2) is 41.3 Å². The molecule has 2 aromatic rings. The van der Waals surface area contributed by atoms with Gasteiger partial charge in [0.2, 0.25) is 0 Å². The predicted molar refractivity (Wildman–Crippen MR) is 97.0 cm³/mol. The molecule has 1 saturated heterocycles. The van der Waals surface area contributed by atoms with Gasteiger partial charge in [0.1, 0.15) is 11.8 Å². The summed E-state index contributed by atoms with van der Waals surface area (Å²) in [7, 11) is 4.11. The Morgan fingerprint density at radius 1 is 1.32 bits per heavy atom. The summed E-state index contributed by atoms with van der Waals surface area (Å²) in [5, 5.41) is 8.96. The van der Waals surface area contributed by atoms with Crippen LogP contribution in [0.4, 0.5) is 0 Å². The van der Waals surface area contributed by atoms with E-state index in [9.17, 15) is 4.79 Å². The van der Waals surface area contributed by atoms with Crippen LogP contribution in [-0.2, 0) is 6.54 Å². The average Bonchev–Trinajstić information content (AvgIpc) is 3.10. The first-order valence-electron chi connectivity index (χ1n) is 8.71. The molecule has 1 aromatic carbocycles. The molecule has 130 valence electrons. The van der Waals surface area contributed by atoms with Gasteiger partial charge in [-0.15, -0.1) is 0 Å². The highest BCUT2D eigenvalue weighted by molar-refractivity contribution is 5.93. The summed E-state index contributed by atoms with van der Waals surface area (Å²) in [4.78, 5) is 19.9. The van der Waals surface area contributed by atoms with Crippen molar-refractivity contribution in [2.45, 2.75) is 31.8 Å². The topological polar surface area (TPSA) is 63.1 Å². The van der Waals surface area contributed by atoms with Gasteiger partial charge in [0.05, 0.1) is 11.6 Å². The second kappa shape index (κ2) is 7.54. The number of hydrogen-bond acceptors (Lipinski definition) is 3. The summed E-state index contributed by atoms with van der Waals surface area (Å²) in [5.74, 6) is -0.0245. The molecule has 0 radical (unpaired) electrons. The van der Waals surface area contributed by atoms with Gasteiger partial charge in [-0.1, -0.05) is 24.3 Å². The Hall–Kier alpha value is -2.58. The molecule has 25 heavy (non-hydrogen) atoms. The van der Waals surface area contributed by atoms with E-state index in [-0.39, 0.29) is 11.9 Å². The molecule has 1 amide bonds. The normalized spacial score (nSPS) is 17.5. The average molecular weight is 336 g/mol. The molecule has 0 aliphatic carbocycles. The van der Waals surface area contributed by atoms with Crippen molar-refractivity contribution in [2.75, 3.05) is 20.6 Å². The van der Waals surface area contributed by atoms with Crippen LogP contribution in [0.25, 0.3) is 0 Å². The summed E-state index contributed by atoms with van der Waals surface area (Å²) < 4.78 is 0. The van der Waals surface area contributed by atoms with Crippen LogP contribution in [0.5, 0.6) is 0 Å². The van der Waals surface area contributed by atoms with Crippen molar-refractivity contribution in [2.24, 2.45) is 0 Å². The van der Waals surface area contributed by atoms with Crippen molar-refractivity contribution in [1.82, 2.24) is 14.8 Å². The molecule has 1 fully saturated rings. The maximum Gasteiger partial charge on any atom is 0.270 e. The lowest BCUT2D eigenvalue weighted by atomic mass is 9.94. The zero-order valence-electron chi connectivity index (χ0n) is 14.8. The van der Waals surface area contributed by atoms with Crippen LogP contribution in [0.3, 0.4) is 0 Å². The first-order chi connectivity index (χ1) is 12.1. The van der Waals surface area contributed by atoms with Gasteiger partial charge in [-0.25, -0.2) is 0 Å². The van der Waals surface area contributed by atoms with Crippen molar-refractivity contribution in [3.8, 4) is 6.07 Å². The number of amides is 1. The minimum Gasteiger partial charge on any atom is -0.356 e. The highest BCUT2D eigenvalue weighted by Gasteiger charge is 2.29. The van der Waals surface area contributed by atoms with Crippen LogP contribution in [0.15, 0.2) is 36.5 Å². The molecule has 3 rings (SSSR count). The number of aromatic nitrogens is 1. The number of carbonyl (C=O) groups excluding carboxylic acids is 1. The number of nitrogens with one attached hydrogen (secondary N) is 1. The quantitative estimate of drug-likeness (QED) is 0.931. The molecule has 2 heterocycles. The molecule has 5 heteroatoms. The van der Waals surface area contributed by atoms with Crippen molar-refractivity contribution in [3.05, 3.63) is 58.9 Å². The molecule has 0 unspecified atom stereocenters. The van der Waals surface area contributed by atoms with Gasteiger partial charge in [-0.3, -0.25) is 4.79 Å². The Morgan fingerprint density at radius 2 is 2.08 bits per heavy atom. The van der Waals surface area contributed by atoms with Crippen LogP contribution < -0.4 is 0 Å². The van der Waals surface area contributed by atoms with Gasteiger partial charge in [-0.2, -0.15) is 5.26 Å². The third-order valence-electron chi connectivity index (χ3n) is 4.67. The van der Waals surface area contributed by atoms with Gasteiger partial charge in [-0.05, 0) is 50.6 Å². The van der Waals surface area contributed by atoms with Crippen molar-refractivity contribution in [1.29, 1.82) is 5.26 Å². The van der Waals surface area contributed by atoms with E-state index in [1.54, 1.807) is 12.3 Å². The minimum atomic E-state index is -0.0245. The van der Waals surface area contributed by atoms with Gasteiger partial charge in [0, 0.05) is 19.3 Å². The van der Waals surface area contributed by atoms with E-state index in [1.165, 1.54) is 11.1 Å². The Bertz CT molecular complexity index is 770. The zero-order valence-corrected chi connectivity index (χ0v) is 14.8. The number of piperidine rings is 1. The minimum absolute atomic E-state index is 0.0245. The van der Waals surface area contributed by atoms with Gasteiger partial charge in [0.25, 0.3) is 5.91 Å². The largest absolute Gasteiger partial charge is 0.356 e. The number of hydrogen-bond donors (Lipinski definition) is 1. The smallest absolute Gasteiger partial charge is 0.270 e. The fraction of sp³-hybridized carbons (Fsp3) is 0.400. The standard InChI is InChI=1S/C20H24N4O/c1-23(2)14-15-6-8-17(9-7-15)19-5-3-4-10-24(19)20(25)18-11-16(12-21)13-22-18/h6-9,11,13,19,22H,3-5,10,14H2,1-2H3/t19-/m0/s1. The second-order valence-corrected chi connectivity index (χ2v) is 6.90. The molecule has 1 aliphatic heterocycles. The lowest BCUT2D eigenvalue weighted by molar-refractivity contribution is 0.0606. The first-order valence-corrected chi connectivity index (χ1v) is 8.71. The third-order valence-corrected chi connectivity index (χ3v) is 4.67. The van der Waals surface area contributed by atoms with E-state index in [0.29, 0.717) is 11.3 Å². The lowest BCUT2D eigenvalue weighted by Crippen LogP contribution is -2.38. The van der Waals surface area contributed by atoms with Crippen LogP contribution >= 0.6 is 0 Å². The molecule has 0 spiro atoms. The second-order valence-electron chi connectivity index (χ2n) is 6.90. The summed E-state index contributed by atoms with van der Waals surface area (Å²) >= 11 is 0. The van der Waals surface area contributed by atoms with Crippen molar-refractivity contribution in [3.63, 3.8) is 0 Å². The van der Waals surface area contributed by atoms with Crippen LogP contribution in [0.1, 0.15) is 52.5 Å². The number of likely N-dealkylation sites (tertiary alicyclic amines) is 1. The molecule has 0 saturated carbocycles. The third kappa shape index (κ3) is 3.92. The monoisotopic (exact) mass is 336 g/mol. The number of H-pyrrole nitrogens is 1. The van der Waals surface area contributed by atoms with Gasteiger partial charge < -0.3 is 14.8 Å². The molecule has 1 aromatic heterocycles. The van der Waals surface area contributed by atoms with Crippen molar-refractivity contribution < 1.29 is 4.79 Å². The predicted octanol–water partition coefficient (Wildman–Crippen LogP) is 3.32. The van der Waals surface area contributed by atoms with E-state index in [2.05, 4.69) is 54.3 Å². The molecular weight excluding hydrogens is 312 g/mol. The lowest BCUT2D eigenvalue weighted by Gasteiger charge is -2.36. The fourth-order valence-electron chi connectivity index (χ4n) is 3.47. The SMILES string of the molecule is CN(C)Cc1ccc([C@@H]2CCCCN2C(=O)c2cc(C#N)c[nH]2)cc1. The molecule has 0 bridgehead atoms.